The number of rotatable bonds is 15. The zero-order chi connectivity index (χ0) is 25.0. The highest BCUT2D eigenvalue weighted by molar-refractivity contribution is 5.89. The number of imidazole rings is 1. The fourth-order valence-corrected chi connectivity index (χ4v) is 4.86. The number of nitrogens with zero attached hydrogens (tertiary/aromatic N) is 4. The minimum atomic E-state index is 0.790. The van der Waals surface area contributed by atoms with E-state index in [9.17, 15) is 0 Å². The fraction of sp³-hybridized carbons (Fsp3) is 0.419. The molecule has 1 aromatic heterocycles. The Balaban J connectivity index is 1.28. The predicted molar refractivity (Wildman–Crippen MR) is 150 cm³/mol. The maximum Gasteiger partial charge on any atom is 0.120 e. The number of nitrogens with one attached hydrogen (secondary N) is 1. The number of H-pyrrole nitrogens is 1. The summed E-state index contributed by atoms with van der Waals surface area (Å²) < 4.78 is 0. The SMILES string of the molecule is CCCN(CCC)Cc1ccc(CCc2ccc(CN(CC3=NC=CC3)Cc3ncc[nH]3)cc2)cc1. The predicted octanol–water partition coefficient (Wildman–Crippen LogP) is 6.18. The summed E-state index contributed by atoms with van der Waals surface area (Å²) in [5.41, 5.74) is 6.76. The van der Waals surface area contributed by atoms with E-state index in [0.717, 1.165) is 51.3 Å². The number of allylic oxidation sites excluding steroid dienone is 1. The zero-order valence-corrected chi connectivity index (χ0v) is 22.0. The van der Waals surface area contributed by atoms with Crippen molar-refractivity contribution in [3.63, 3.8) is 0 Å². The topological polar surface area (TPSA) is 47.5 Å². The first kappa shape index (κ1) is 26.1. The summed E-state index contributed by atoms with van der Waals surface area (Å²) >= 11 is 0. The first-order valence-electron chi connectivity index (χ1n) is 13.5. The first-order valence-corrected chi connectivity index (χ1v) is 13.5. The quantitative estimate of drug-likeness (QED) is 0.281. The lowest BCUT2D eigenvalue weighted by Gasteiger charge is -2.21. The van der Waals surface area contributed by atoms with E-state index in [1.807, 2.05) is 18.6 Å². The van der Waals surface area contributed by atoms with Gasteiger partial charge >= 0.3 is 0 Å². The molecule has 1 aliphatic rings. The molecule has 0 amide bonds. The van der Waals surface area contributed by atoms with Gasteiger partial charge in [0.05, 0.1) is 6.54 Å². The lowest BCUT2D eigenvalue weighted by molar-refractivity contribution is 0.266. The largest absolute Gasteiger partial charge is 0.348 e. The van der Waals surface area contributed by atoms with E-state index in [2.05, 4.69) is 93.2 Å². The molecule has 0 saturated heterocycles. The molecule has 2 heterocycles. The van der Waals surface area contributed by atoms with Crippen LogP contribution in [-0.4, -0.2) is 45.1 Å². The van der Waals surface area contributed by atoms with Crippen molar-refractivity contribution >= 4 is 5.71 Å². The van der Waals surface area contributed by atoms with Gasteiger partial charge in [-0.3, -0.25) is 14.8 Å². The van der Waals surface area contributed by atoms with Crippen LogP contribution in [0.1, 0.15) is 61.2 Å². The molecule has 0 spiro atoms. The highest BCUT2D eigenvalue weighted by Crippen LogP contribution is 2.15. The lowest BCUT2D eigenvalue weighted by Crippen LogP contribution is -2.29. The normalized spacial score (nSPS) is 13.2. The maximum atomic E-state index is 4.51. The van der Waals surface area contributed by atoms with Crippen LogP contribution in [0.25, 0.3) is 0 Å². The monoisotopic (exact) mass is 483 g/mol. The fourth-order valence-electron chi connectivity index (χ4n) is 4.86. The second-order valence-electron chi connectivity index (χ2n) is 9.87. The number of aromatic nitrogens is 2. The summed E-state index contributed by atoms with van der Waals surface area (Å²) in [4.78, 5) is 17.1. The van der Waals surface area contributed by atoms with E-state index in [-0.39, 0.29) is 0 Å². The standard InChI is InChI=1S/C31H41N5/c1-3-20-35(21-4-2)22-28-13-9-26(10-14-28)7-8-27-11-15-29(16-12-27)23-36(24-30-6-5-17-32-30)25-31-33-18-19-34-31/h5,9-19H,3-4,6-8,20-25H2,1-2H3,(H,33,34). The molecule has 0 bridgehead atoms. The van der Waals surface area contributed by atoms with Crippen LogP contribution in [0, 0.1) is 0 Å². The Bertz CT molecular complexity index is 1080. The molecular formula is C31H41N5. The molecule has 5 heteroatoms. The Hall–Kier alpha value is -3.02. The molecule has 190 valence electrons. The van der Waals surface area contributed by atoms with E-state index in [1.165, 1.54) is 53.9 Å². The molecule has 0 radical (unpaired) electrons. The molecular weight excluding hydrogens is 442 g/mol. The summed E-state index contributed by atoms with van der Waals surface area (Å²) in [7, 11) is 0. The third kappa shape index (κ3) is 8.28. The molecule has 0 saturated carbocycles. The molecule has 1 N–H and O–H groups in total. The molecule has 1 aliphatic heterocycles. The van der Waals surface area contributed by atoms with Crippen LogP contribution in [0.3, 0.4) is 0 Å². The van der Waals surface area contributed by atoms with Crippen LogP contribution in [0.2, 0.25) is 0 Å². The van der Waals surface area contributed by atoms with E-state index in [0.29, 0.717) is 0 Å². The van der Waals surface area contributed by atoms with Crippen molar-refractivity contribution in [1.82, 2.24) is 19.8 Å². The Kier molecular flexibility index (Phi) is 10.1. The number of aryl methyl sites for hydroxylation is 2. The van der Waals surface area contributed by atoms with Gasteiger partial charge in [0.15, 0.2) is 0 Å². The van der Waals surface area contributed by atoms with E-state index in [1.54, 1.807) is 0 Å². The number of benzene rings is 2. The summed E-state index contributed by atoms with van der Waals surface area (Å²) in [6.45, 7) is 10.5. The molecule has 3 aromatic rings. The van der Waals surface area contributed by atoms with E-state index in [4.69, 9.17) is 0 Å². The van der Waals surface area contributed by atoms with Crippen molar-refractivity contribution in [1.29, 1.82) is 0 Å². The van der Waals surface area contributed by atoms with Crippen LogP contribution in [0.5, 0.6) is 0 Å². The third-order valence-corrected chi connectivity index (χ3v) is 6.69. The highest BCUT2D eigenvalue weighted by atomic mass is 15.2. The lowest BCUT2D eigenvalue weighted by atomic mass is 10.0. The second-order valence-corrected chi connectivity index (χ2v) is 9.87. The number of aliphatic imine (C=N–C) groups is 1. The van der Waals surface area contributed by atoms with E-state index >= 15 is 0 Å². The van der Waals surface area contributed by atoms with Crippen LogP contribution >= 0.6 is 0 Å². The molecule has 36 heavy (non-hydrogen) atoms. The molecule has 0 aliphatic carbocycles. The molecule has 0 atom stereocenters. The van der Waals surface area contributed by atoms with E-state index < -0.39 is 0 Å². The van der Waals surface area contributed by atoms with Gasteiger partial charge in [-0.25, -0.2) is 4.98 Å². The molecule has 0 fully saturated rings. The summed E-state index contributed by atoms with van der Waals surface area (Å²) in [5, 5.41) is 0. The molecule has 0 unspecified atom stereocenters. The van der Waals surface area contributed by atoms with Crippen molar-refractivity contribution in [2.75, 3.05) is 19.6 Å². The van der Waals surface area contributed by atoms with Crippen molar-refractivity contribution in [2.45, 2.75) is 65.6 Å². The van der Waals surface area contributed by atoms with Crippen LogP contribution in [-0.2, 0) is 32.5 Å². The summed E-state index contributed by atoms with van der Waals surface area (Å²) in [6.07, 6.45) is 13.3. The van der Waals surface area contributed by atoms with Crippen molar-refractivity contribution < 1.29 is 0 Å². The van der Waals surface area contributed by atoms with Gasteiger partial charge in [0.2, 0.25) is 0 Å². The average molecular weight is 484 g/mol. The molecule has 4 rings (SSSR count). The van der Waals surface area contributed by atoms with Gasteiger partial charge in [0, 0.05) is 50.4 Å². The van der Waals surface area contributed by atoms with Gasteiger partial charge in [-0.2, -0.15) is 0 Å². The minimum Gasteiger partial charge on any atom is -0.348 e. The average Bonchev–Trinajstić information content (AvgIpc) is 3.59. The van der Waals surface area contributed by atoms with Gasteiger partial charge in [0.1, 0.15) is 5.82 Å². The van der Waals surface area contributed by atoms with Crippen LogP contribution < -0.4 is 0 Å². The minimum absolute atomic E-state index is 0.790. The summed E-state index contributed by atoms with van der Waals surface area (Å²) in [6, 6.07) is 18.4. The highest BCUT2D eigenvalue weighted by Gasteiger charge is 2.13. The Morgan fingerprint density at radius 1 is 0.722 bits per heavy atom. The van der Waals surface area contributed by atoms with Gasteiger partial charge in [0.25, 0.3) is 0 Å². The second kappa shape index (κ2) is 13.9. The summed E-state index contributed by atoms with van der Waals surface area (Å²) in [5.74, 6) is 0.993. The van der Waals surface area contributed by atoms with Crippen LogP contribution in [0.15, 0.2) is 78.2 Å². The van der Waals surface area contributed by atoms with Crippen molar-refractivity contribution in [2.24, 2.45) is 4.99 Å². The van der Waals surface area contributed by atoms with Gasteiger partial charge in [-0.05, 0) is 61.0 Å². The zero-order valence-electron chi connectivity index (χ0n) is 22.0. The Morgan fingerprint density at radius 3 is 1.81 bits per heavy atom. The molecule has 5 nitrogen and oxygen atoms in total. The Labute approximate surface area is 217 Å². The van der Waals surface area contributed by atoms with Gasteiger partial charge in [-0.1, -0.05) is 68.5 Å². The number of hydrogen-bond acceptors (Lipinski definition) is 4. The molecule has 2 aromatic carbocycles. The van der Waals surface area contributed by atoms with Crippen LogP contribution in [0.4, 0.5) is 0 Å². The number of aromatic amines is 1. The van der Waals surface area contributed by atoms with Gasteiger partial charge in [-0.15, -0.1) is 0 Å². The van der Waals surface area contributed by atoms with Crippen molar-refractivity contribution in [3.8, 4) is 0 Å². The smallest absolute Gasteiger partial charge is 0.120 e. The first-order chi connectivity index (χ1) is 17.7. The van der Waals surface area contributed by atoms with Gasteiger partial charge < -0.3 is 4.98 Å². The number of hydrogen-bond donors (Lipinski definition) is 1. The maximum absolute atomic E-state index is 4.51. The third-order valence-electron chi connectivity index (χ3n) is 6.69. The Morgan fingerprint density at radius 2 is 1.31 bits per heavy atom. The van der Waals surface area contributed by atoms with Crippen molar-refractivity contribution in [3.05, 3.63) is 101 Å².